The van der Waals surface area contributed by atoms with Gasteiger partial charge in [0.1, 0.15) is 0 Å². The Hall–Kier alpha value is -0.210. The van der Waals surface area contributed by atoms with Gasteiger partial charge in [-0.15, -0.1) is 0 Å². The van der Waals surface area contributed by atoms with Crippen LogP contribution in [-0.2, 0) is 14.8 Å². The summed E-state index contributed by atoms with van der Waals surface area (Å²) >= 11 is 0. The normalized spacial score (nSPS) is 28.0. The molecule has 2 aliphatic rings. The molecule has 0 bridgehead atoms. The van der Waals surface area contributed by atoms with E-state index in [1.54, 1.807) is 11.4 Å². The maximum Gasteiger partial charge on any atom is 0.211 e. The minimum Gasteiger partial charge on any atom is -0.378 e. The number of piperidine rings is 1. The van der Waals surface area contributed by atoms with Crippen molar-refractivity contribution in [2.24, 2.45) is 11.8 Å². The molecule has 2 rings (SSSR count). The maximum absolute atomic E-state index is 11.7. The molecule has 0 aromatic heterocycles. The van der Waals surface area contributed by atoms with Gasteiger partial charge < -0.3 is 4.74 Å². The number of sulfonamides is 1. The van der Waals surface area contributed by atoms with E-state index in [1.807, 2.05) is 0 Å². The van der Waals surface area contributed by atoms with Gasteiger partial charge in [0.25, 0.3) is 0 Å². The number of hydrogen-bond acceptors (Lipinski definition) is 5. The number of hydrazine groups is 1. The topological polar surface area (TPSA) is 84.7 Å². The van der Waals surface area contributed by atoms with Crippen molar-refractivity contribution in [3.8, 4) is 0 Å². The second-order valence-corrected chi connectivity index (χ2v) is 8.66. The second-order valence-electron chi connectivity index (χ2n) is 6.67. The molecule has 2 unspecified atom stereocenters. The molecule has 1 saturated heterocycles. The lowest BCUT2D eigenvalue weighted by Gasteiger charge is -2.43. The standard InChI is InChI=1S/C14H29N3O3S/c1-20-14(6-4-7-14)10-13(16-15)9-12-5-3-8-17(11-12)21(2,18)19/h12-13,16H,3-11,15H2,1-2H3. The van der Waals surface area contributed by atoms with E-state index in [2.05, 4.69) is 5.43 Å². The van der Waals surface area contributed by atoms with Gasteiger partial charge in [-0.2, -0.15) is 0 Å². The Morgan fingerprint density at radius 1 is 1.43 bits per heavy atom. The van der Waals surface area contributed by atoms with Gasteiger partial charge in [0.2, 0.25) is 10.0 Å². The number of ether oxygens (including phenoxy) is 1. The summed E-state index contributed by atoms with van der Waals surface area (Å²) in [7, 11) is -1.30. The molecule has 0 radical (unpaired) electrons. The van der Waals surface area contributed by atoms with E-state index in [9.17, 15) is 8.42 Å². The minimum atomic E-state index is -3.08. The summed E-state index contributed by atoms with van der Waals surface area (Å²) in [6.07, 6.45) is 8.54. The van der Waals surface area contributed by atoms with Crippen LogP contribution in [0.4, 0.5) is 0 Å². The summed E-state index contributed by atoms with van der Waals surface area (Å²) in [4.78, 5) is 0. The highest BCUT2D eigenvalue weighted by atomic mass is 32.2. The van der Waals surface area contributed by atoms with E-state index in [1.165, 1.54) is 12.7 Å². The average Bonchev–Trinajstić information content (AvgIpc) is 2.41. The number of hydrogen-bond donors (Lipinski definition) is 2. The fraction of sp³-hybridized carbons (Fsp3) is 1.00. The van der Waals surface area contributed by atoms with E-state index in [4.69, 9.17) is 10.6 Å². The highest BCUT2D eigenvalue weighted by molar-refractivity contribution is 7.88. The molecule has 21 heavy (non-hydrogen) atoms. The van der Waals surface area contributed by atoms with Gasteiger partial charge >= 0.3 is 0 Å². The lowest BCUT2D eigenvalue weighted by atomic mass is 9.74. The van der Waals surface area contributed by atoms with Gasteiger partial charge in [-0.25, -0.2) is 12.7 Å². The van der Waals surface area contributed by atoms with Crippen LogP contribution >= 0.6 is 0 Å². The van der Waals surface area contributed by atoms with Crippen LogP contribution in [-0.4, -0.2) is 50.8 Å². The summed E-state index contributed by atoms with van der Waals surface area (Å²) < 4.78 is 30.6. The van der Waals surface area contributed by atoms with Crippen LogP contribution in [0.5, 0.6) is 0 Å². The fourth-order valence-electron chi connectivity index (χ4n) is 3.64. The zero-order valence-electron chi connectivity index (χ0n) is 13.2. The fourth-order valence-corrected chi connectivity index (χ4v) is 4.59. The first kappa shape index (κ1) is 17.1. The largest absolute Gasteiger partial charge is 0.378 e. The van der Waals surface area contributed by atoms with Crippen LogP contribution in [0.25, 0.3) is 0 Å². The molecule has 1 aliphatic carbocycles. The maximum atomic E-state index is 11.7. The number of nitrogens with one attached hydrogen (secondary N) is 1. The molecule has 3 N–H and O–H groups in total. The molecule has 2 fully saturated rings. The van der Waals surface area contributed by atoms with Crippen molar-refractivity contribution in [1.82, 2.24) is 9.73 Å². The van der Waals surface area contributed by atoms with Crippen molar-refractivity contribution >= 4 is 10.0 Å². The van der Waals surface area contributed by atoms with Gasteiger partial charge in [-0.05, 0) is 50.9 Å². The molecule has 0 aromatic carbocycles. The third-order valence-electron chi connectivity index (χ3n) is 5.12. The molecule has 0 aromatic rings. The van der Waals surface area contributed by atoms with Crippen molar-refractivity contribution in [2.45, 2.75) is 56.6 Å². The highest BCUT2D eigenvalue weighted by Gasteiger charge is 2.39. The molecule has 0 spiro atoms. The monoisotopic (exact) mass is 319 g/mol. The highest BCUT2D eigenvalue weighted by Crippen LogP contribution is 2.40. The molecule has 124 valence electrons. The predicted octanol–water partition coefficient (Wildman–Crippen LogP) is 0.839. The van der Waals surface area contributed by atoms with Crippen LogP contribution in [0, 0.1) is 5.92 Å². The Kier molecular flexibility index (Phi) is 5.65. The summed E-state index contributed by atoms with van der Waals surface area (Å²) in [5, 5.41) is 0. The Morgan fingerprint density at radius 2 is 2.14 bits per heavy atom. The van der Waals surface area contributed by atoms with Crippen molar-refractivity contribution in [3.63, 3.8) is 0 Å². The summed E-state index contributed by atoms with van der Waals surface area (Å²) in [6, 6.07) is 0.190. The first-order chi connectivity index (χ1) is 9.88. The van der Waals surface area contributed by atoms with E-state index in [0.29, 0.717) is 19.0 Å². The third kappa shape index (κ3) is 4.39. The Bertz CT molecular complexity index is 431. The van der Waals surface area contributed by atoms with Crippen LogP contribution < -0.4 is 11.3 Å². The van der Waals surface area contributed by atoms with Gasteiger partial charge in [-0.1, -0.05) is 0 Å². The molecule has 1 heterocycles. The molecular weight excluding hydrogens is 290 g/mol. The molecule has 2 atom stereocenters. The lowest BCUT2D eigenvalue weighted by Crippen LogP contribution is -2.49. The van der Waals surface area contributed by atoms with E-state index < -0.39 is 10.0 Å². The van der Waals surface area contributed by atoms with Gasteiger partial charge in [-0.3, -0.25) is 11.3 Å². The third-order valence-corrected chi connectivity index (χ3v) is 6.39. The molecule has 1 aliphatic heterocycles. The van der Waals surface area contributed by atoms with Gasteiger partial charge in [0.05, 0.1) is 11.9 Å². The van der Waals surface area contributed by atoms with Crippen molar-refractivity contribution in [3.05, 3.63) is 0 Å². The average molecular weight is 319 g/mol. The first-order valence-electron chi connectivity index (χ1n) is 7.85. The van der Waals surface area contributed by atoms with Crippen LogP contribution in [0.2, 0.25) is 0 Å². The van der Waals surface area contributed by atoms with E-state index in [0.717, 1.165) is 38.5 Å². The van der Waals surface area contributed by atoms with Crippen molar-refractivity contribution in [1.29, 1.82) is 0 Å². The molecule has 0 amide bonds. The number of nitrogens with two attached hydrogens (primary N) is 1. The molecular formula is C14H29N3O3S. The van der Waals surface area contributed by atoms with Crippen molar-refractivity contribution in [2.75, 3.05) is 26.5 Å². The Labute approximate surface area is 128 Å². The Morgan fingerprint density at radius 3 is 2.62 bits per heavy atom. The second kappa shape index (κ2) is 6.91. The number of nitrogens with zero attached hydrogens (tertiary/aromatic N) is 1. The Balaban J connectivity index is 1.89. The van der Waals surface area contributed by atoms with Crippen molar-refractivity contribution < 1.29 is 13.2 Å². The zero-order valence-corrected chi connectivity index (χ0v) is 14.0. The summed E-state index contributed by atoms with van der Waals surface area (Å²) in [5.41, 5.74) is 2.90. The predicted molar refractivity (Wildman–Crippen MR) is 83.1 cm³/mol. The van der Waals surface area contributed by atoms with Crippen LogP contribution in [0.1, 0.15) is 44.9 Å². The number of methoxy groups -OCH3 is 1. The van der Waals surface area contributed by atoms with E-state index in [-0.39, 0.29) is 11.6 Å². The molecule has 6 nitrogen and oxygen atoms in total. The smallest absolute Gasteiger partial charge is 0.211 e. The molecule has 7 heteroatoms. The first-order valence-corrected chi connectivity index (χ1v) is 9.70. The van der Waals surface area contributed by atoms with Gasteiger partial charge in [0.15, 0.2) is 0 Å². The summed E-state index contributed by atoms with van der Waals surface area (Å²) in [5.74, 6) is 6.09. The van der Waals surface area contributed by atoms with E-state index >= 15 is 0 Å². The molecule has 1 saturated carbocycles. The lowest BCUT2D eigenvalue weighted by molar-refractivity contribution is -0.0849. The van der Waals surface area contributed by atoms with Crippen LogP contribution in [0.3, 0.4) is 0 Å². The van der Waals surface area contributed by atoms with Gasteiger partial charge in [0, 0.05) is 26.2 Å². The minimum absolute atomic E-state index is 0.0117. The zero-order chi connectivity index (χ0) is 15.5. The quantitative estimate of drug-likeness (QED) is 0.536. The SMILES string of the molecule is COC1(CC(CC2CCCN(S(C)(=O)=O)C2)NN)CCC1. The van der Waals surface area contributed by atoms with Crippen LogP contribution in [0.15, 0.2) is 0 Å². The number of rotatable bonds is 7. The summed E-state index contributed by atoms with van der Waals surface area (Å²) in [6.45, 7) is 1.27.